The summed E-state index contributed by atoms with van der Waals surface area (Å²) in [4.78, 5) is 15.8. The van der Waals surface area contributed by atoms with E-state index in [0.29, 0.717) is 12.6 Å². The van der Waals surface area contributed by atoms with Crippen LogP contribution in [0.4, 0.5) is 11.4 Å². The molecule has 0 aromatic heterocycles. The van der Waals surface area contributed by atoms with E-state index in [1.807, 2.05) is 36.4 Å². The van der Waals surface area contributed by atoms with Gasteiger partial charge in [0.1, 0.15) is 0 Å². The zero-order valence-corrected chi connectivity index (χ0v) is 14.7. The van der Waals surface area contributed by atoms with Crippen molar-refractivity contribution in [1.29, 1.82) is 0 Å². The van der Waals surface area contributed by atoms with Crippen LogP contribution in [0.15, 0.2) is 66.1 Å². The van der Waals surface area contributed by atoms with Gasteiger partial charge in [0.2, 0.25) is 5.91 Å². The van der Waals surface area contributed by atoms with E-state index in [1.54, 1.807) is 11.8 Å². The first-order valence-electron chi connectivity index (χ1n) is 8.16. The fourth-order valence-corrected chi connectivity index (χ4v) is 3.81. The van der Waals surface area contributed by atoms with E-state index in [2.05, 4.69) is 41.9 Å². The van der Waals surface area contributed by atoms with Crippen LogP contribution in [-0.4, -0.2) is 24.2 Å². The van der Waals surface area contributed by atoms with Crippen molar-refractivity contribution in [2.75, 3.05) is 22.5 Å². The second kappa shape index (κ2) is 7.58. The molecule has 3 rings (SSSR count). The van der Waals surface area contributed by atoms with Crippen LogP contribution in [0.2, 0.25) is 0 Å². The van der Waals surface area contributed by atoms with Gasteiger partial charge < -0.3 is 10.2 Å². The lowest BCUT2D eigenvalue weighted by atomic mass is 10.1. The normalized spacial score (nSPS) is 15.9. The van der Waals surface area contributed by atoms with Crippen LogP contribution < -0.4 is 10.2 Å². The summed E-state index contributed by atoms with van der Waals surface area (Å²) in [6.45, 7) is 6.29. The summed E-state index contributed by atoms with van der Waals surface area (Å²) in [5.41, 5.74) is 3.36. The van der Waals surface area contributed by atoms with Crippen LogP contribution in [0.3, 0.4) is 0 Å². The Kier molecular flexibility index (Phi) is 5.26. The molecular formula is C20H22N2OS. The van der Waals surface area contributed by atoms with Crippen LogP contribution in [0, 0.1) is 0 Å². The summed E-state index contributed by atoms with van der Waals surface area (Å²) in [6, 6.07) is 16.6. The molecule has 4 heteroatoms. The summed E-state index contributed by atoms with van der Waals surface area (Å²) in [7, 11) is 0. The van der Waals surface area contributed by atoms with Crippen LogP contribution in [0.1, 0.15) is 12.5 Å². The molecule has 0 aliphatic carbocycles. The van der Waals surface area contributed by atoms with Crippen molar-refractivity contribution in [2.24, 2.45) is 0 Å². The number of hydrogen-bond acceptors (Lipinski definition) is 3. The number of nitrogens with zero attached hydrogens (tertiary/aromatic N) is 1. The number of carbonyl (C=O) groups is 1. The molecule has 24 heavy (non-hydrogen) atoms. The maximum atomic E-state index is 12.6. The summed E-state index contributed by atoms with van der Waals surface area (Å²) in [6.07, 6.45) is 2.86. The molecule has 2 aromatic carbocycles. The monoisotopic (exact) mass is 338 g/mol. The third-order valence-corrected chi connectivity index (χ3v) is 5.25. The molecule has 1 aliphatic rings. The molecule has 1 N–H and O–H groups in total. The number of nitrogens with one attached hydrogen (secondary N) is 1. The van der Waals surface area contributed by atoms with Gasteiger partial charge in [0.05, 0.1) is 12.2 Å². The average Bonchev–Trinajstić information content (AvgIpc) is 2.90. The van der Waals surface area contributed by atoms with Crippen molar-refractivity contribution >= 4 is 29.0 Å². The first-order chi connectivity index (χ1) is 11.7. The van der Waals surface area contributed by atoms with Crippen molar-refractivity contribution in [3.63, 3.8) is 0 Å². The Labute approximate surface area is 147 Å². The third kappa shape index (κ3) is 3.65. The highest BCUT2D eigenvalue weighted by Gasteiger charge is 2.27. The predicted octanol–water partition coefficient (Wildman–Crippen LogP) is 4.35. The molecule has 1 unspecified atom stereocenters. The molecule has 0 bridgehead atoms. The molecule has 124 valence electrons. The minimum absolute atomic E-state index is 0.0187. The van der Waals surface area contributed by atoms with E-state index < -0.39 is 0 Å². The molecular weight excluding hydrogens is 316 g/mol. The van der Waals surface area contributed by atoms with E-state index >= 15 is 0 Å². The number of para-hydroxylation sites is 2. The largest absolute Gasteiger partial charge is 0.359 e. The first kappa shape index (κ1) is 16.7. The van der Waals surface area contributed by atoms with Gasteiger partial charge in [-0.1, -0.05) is 36.4 Å². The van der Waals surface area contributed by atoms with Gasteiger partial charge in [0.15, 0.2) is 0 Å². The Hall–Kier alpha value is -2.20. The minimum atomic E-state index is 0.0187. The number of amides is 1. The number of fused-ring (bicyclic) bond motifs is 1. The summed E-state index contributed by atoms with van der Waals surface area (Å²) in [5, 5.41) is 3.06. The summed E-state index contributed by atoms with van der Waals surface area (Å²) >= 11 is 1.67. The van der Waals surface area contributed by atoms with E-state index in [-0.39, 0.29) is 5.91 Å². The Morgan fingerprint density at radius 3 is 2.88 bits per heavy atom. The van der Waals surface area contributed by atoms with Gasteiger partial charge in [-0.25, -0.2) is 0 Å². The standard InChI is InChI=1S/C20H22N2OS/c1-3-12-24-19-11-7-5-9-17(19)21-20(23)14-22-15(2)13-16-8-4-6-10-18(16)22/h3-11,15H,1,12-14H2,2H3,(H,21,23). The zero-order chi connectivity index (χ0) is 16.9. The van der Waals surface area contributed by atoms with Crippen LogP contribution in [0.25, 0.3) is 0 Å². The van der Waals surface area contributed by atoms with Crippen molar-refractivity contribution in [3.05, 3.63) is 66.7 Å². The van der Waals surface area contributed by atoms with Gasteiger partial charge in [-0.2, -0.15) is 0 Å². The molecule has 1 heterocycles. The maximum Gasteiger partial charge on any atom is 0.243 e. The second-order valence-electron chi connectivity index (χ2n) is 5.95. The van der Waals surface area contributed by atoms with Crippen molar-refractivity contribution < 1.29 is 4.79 Å². The number of benzene rings is 2. The van der Waals surface area contributed by atoms with Gasteiger partial charge in [-0.15, -0.1) is 18.3 Å². The van der Waals surface area contributed by atoms with E-state index in [1.165, 1.54) is 11.3 Å². The Morgan fingerprint density at radius 2 is 2.04 bits per heavy atom. The smallest absolute Gasteiger partial charge is 0.243 e. The van der Waals surface area contributed by atoms with Gasteiger partial charge in [0.25, 0.3) is 0 Å². The lowest BCUT2D eigenvalue weighted by molar-refractivity contribution is -0.115. The molecule has 3 nitrogen and oxygen atoms in total. The minimum Gasteiger partial charge on any atom is -0.359 e. The molecule has 1 atom stereocenters. The first-order valence-corrected chi connectivity index (χ1v) is 9.14. The van der Waals surface area contributed by atoms with Crippen LogP contribution >= 0.6 is 11.8 Å². The molecule has 1 aliphatic heterocycles. The summed E-state index contributed by atoms with van der Waals surface area (Å²) < 4.78 is 0. The Bertz CT molecular complexity index is 744. The van der Waals surface area contributed by atoms with Crippen molar-refractivity contribution in [2.45, 2.75) is 24.3 Å². The fraction of sp³-hybridized carbons (Fsp3) is 0.250. The second-order valence-corrected chi connectivity index (χ2v) is 7.02. The molecule has 0 radical (unpaired) electrons. The molecule has 2 aromatic rings. The Balaban J connectivity index is 1.70. The van der Waals surface area contributed by atoms with Crippen LogP contribution in [-0.2, 0) is 11.2 Å². The number of anilines is 2. The molecule has 0 saturated heterocycles. The SMILES string of the molecule is C=CCSc1ccccc1NC(=O)CN1c2ccccc2CC1C. The lowest BCUT2D eigenvalue weighted by Gasteiger charge is -2.24. The molecule has 0 saturated carbocycles. The molecule has 1 amide bonds. The van der Waals surface area contributed by atoms with Gasteiger partial charge >= 0.3 is 0 Å². The predicted molar refractivity (Wildman–Crippen MR) is 103 cm³/mol. The average molecular weight is 338 g/mol. The quantitative estimate of drug-likeness (QED) is 0.627. The highest BCUT2D eigenvalue weighted by Crippen LogP contribution is 2.32. The fourth-order valence-electron chi connectivity index (χ4n) is 3.06. The Morgan fingerprint density at radius 1 is 1.29 bits per heavy atom. The van der Waals surface area contributed by atoms with Crippen molar-refractivity contribution in [3.8, 4) is 0 Å². The van der Waals surface area contributed by atoms with E-state index in [9.17, 15) is 4.79 Å². The number of rotatable bonds is 6. The number of hydrogen-bond donors (Lipinski definition) is 1. The number of carbonyl (C=O) groups excluding carboxylic acids is 1. The maximum absolute atomic E-state index is 12.6. The van der Waals surface area contributed by atoms with E-state index in [0.717, 1.165) is 22.8 Å². The third-order valence-electron chi connectivity index (χ3n) is 4.18. The zero-order valence-electron chi connectivity index (χ0n) is 13.9. The van der Waals surface area contributed by atoms with Crippen LogP contribution in [0.5, 0.6) is 0 Å². The number of thioether (sulfide) groups is 1. The highest BCUT2D eigenvalue weighted by atomic mass is 32.2. The van der Waals surface area contributed by atoms with Gasteiger partial charge in [-0.05, 0) is 37.1 Å². The highest BCUT2D eigenvalue weighted by molar-refractivity contribution is 7.99. The molecule has 0 spiro atoms. The van der Waals surface area contributed by atoms with Gasteiger partial charge in [-0.3, -0.25) is 4.79 Å². The lowest BCUT2D eigenvalue weighted by Crippen LogP contribution is -2.37. The topological polar surface area (TPSA) is 32.3 Å². The molecule has 0 fully saturated rings. The van der Waals surface area contributed by atoms with E-state index in [4.69, 9.17) is 0 Å². The summed E-state index contributed by atoms with van der Waals surface area (Å²) in [5.74, 6) is 0.842. The van der Waals surface area contributed by atoms with Gasteiger partial charge in [0, 0.05) is 22.4 Å². The van der Waals surface area contributed by atoms with Crippen molar-refractivity contribution in [1.82, 2.24) is 0 Å².